The Balaban J connectivity index is 0.000000422. The van der Waals surface area contributed by atoms with Crippen LogP contribution in [0.3, 0.4) is 0 Å². The van der Waals surface area contributed by atoms with Crippen molar-refractivity contribution < 1.29 is 9.90 Å². The van der Waals surface area contributed by atoms with Gasteiger partial charge in [0.15, 0.2) is 0 Å². The van der Waals surface area contributed by atoms with Crippen molar-refractivity contribution in [2.75, 3.05) is 0 Å². The molecule has 1 aromatic heterocycles. The van der Waals surface area contributed by atoms with E-state index in [4.69, 9.17) is 5.11 Å². The quantitative estimate of drug-likeness (QED) is 0.755. The molecular weight excluding hydrogens is 348 g/mol. The van der Waals surface area contributed by atoms with Crippen LogP contribution in [0.25, 0.3) is 11.4 Å². The predicted molar refractivity (Wildman–Crippen MR) is 88.5 cm³/mol. The van der Waals surface area contributed by atoms with E-state index in [1.54, 1.807) is 6.92 Å². The third-order valence-electron chi connectivity index (χ3n) is 3.01. The fourth-order valence-electron chi connectivity index (χ4n) is 1.82. The van der Waals surface area contributed by atoms with Crippen LogP contribution in [0.5, 0.6) is 0 Å². The summed E-state index contributed by atoms with van der Waals surface area (Å²) < 4.78 is 1.04. The van der Waals surface area contributed by atoms with E-state index in [-0.39, 0.29) is 6.42 Å². The molecule has 0 atom stereocenters. The molecule has 0 radical (unpaired) electrons. The topological polar surface area (TPSA) is 91.8 Å². The molecule has 0 fully saturated rings. The number of hydrogen-bond acceptors (Lipinski definition) is 4. The first-order valence-electron chi connectivity index (χ1n) is 7.32. The van der Waals surface area contributed by atoms with Gasteiger partial charge in [0.25, 0.3) is 0 Å². The number of aliphatic carboxylic acids is 1. The van der Waals surface area contributed by atoms with E-state index in [2.05, 4.69) is 55.6 Å². The number of aryl methyl sites for hydroxylation is 1. The number of carboxylic acids is 1. The summed E-state index contributed by atoms with van der Waals surface area (Å²) in [6, 6.07) is 6.24. The lowest BCUT2D eigenvalue weighted by Crippen LogP contribution is -1.92. The highest BCUT2D eigenvalue weighted by molar-refractivity contribution is 9.10. The molecular formula is C15H21BrN4O2. The predicted octanol–water partition coefficient (Wildman–Crippen LogP) is 3.84. The van der Waals surface area contributed by atoms with Crippen LogP contribution in [0.2, 0.25) is 0 Å². The molecule has 0 amide bonds. The van der Waals surface area contributed by atoms with Crippen molar-refractivity contribution in [3.05, 3.63) is 28.2 Å². The largest absolute Gasteiger partial charge is 0.481 e. The van der Waals surface area contributed by atoms with E-state index in [9.17, 15) is 4.79 Å². The van der Waals surface area contributed by atoms with Gasteiger partial charge in [-0.25, -0.2) is 0 Å². The minimum absolute atomic E-state index is 0.222. The van der Waals surface area contributed by atoms with Gasteiger partial charge in [0, 0.05) is 16.5 Å². The van der Waals surface area contributed by atoms with Crippen LogP contribution in [0, 0.1) is 0 Å². The number of hydrogen-bond donors (Lipinski definition) is 2. The molecule has 0 aliphatic carbocycles. The van der Waals surface area contributed by atoms with Gasteiger partial charge in [0.05, 0.1) is 0 Å². The second-order valence-corrected chi connectivity index (χ2v) is 5.66. The minimum atomic E-state index is -0.745. The molecule has 2 N–H and O–H groups in total. The third-order valence-corrected chi connectivity index (χ3v) is 3.50. The number of nitrogens with zero attached hydrogens (tertiary/aromatic N) is 3. The second-order valence-electron chi connectivity index (χ2n) is 4.74. The van der Waals surface area contributed by atoms with E-state index in [1.807, 2.05) is 6.07 Å². The van der Waals surface area contributed by atoms with E-state index in [0.717, 1.165) is 16.5 Å². The van der Waals surface area contributed by atoms with Crippen molar-refractivity contribution >= 4 is 21.9 Å². The highest BCUT2D eigenvalue weighted by Crippen LogP contribution is 2.25. The van der Waals surface area contributed by atoms with Crippen molar-refractivity contribution in [3.63, 3.8) is 0 Å². The number of halogens is 1. The molecule has 0 spiro atoms. The standard InChI is InChI=1S/C12H15BrN4.C3H6O2/c1-2-3-4-5-9-6-7-10(13)8-11(9)12-14-16-17-15-12;1-2-3(4)5/h6-8H,2-5H2,1H3,(H,14,15,16,17);2H2,1H3,(H,4,5). The summed E-state index contributed by atoms with van der Waals surface area (Å²) in [7, 11) is 0. The molecule has 7 heteroatoms. The molecule has 6 nitrogen and oxygen atoms in total. The fourth-order valence-corrected chi connectivity index (χ4v) is 2.18. The molecule has 1 aromatic carbocycles. The zero-order valence-corrected chi connectivity index (χ0v) is 14.4. The number of aromatic nitrogens is 4. The summed E-state index contributed by atoms with van der Waals surface area (Å²) in [5, 5.41) is 21.9. The maximum Gasteiger partial charge on any atom is 0.303 e. The van der Waals surface area contributed by atoms with Gasteiger partial charge >= 0.3 is 5.97 Å². The Hall–Kier alpha value is -1.76. The first-order valence-corrected chi connectivity index (χ1v) is 8.11. The van der Waals surface area contributed by atoms with Crippen LogP contribution >= 0.6 is 15.9 Å². The lowest BCUT2D eigenvalue weighted by molar-refractivity contribution is -0.136. The summed E-state index contributed by atoms with van der Waals surface area (Å²) in [5.41, 5.74) is 2.34. The lowest BCUT2D eigenvalue weighted by atomic mass is 10.0. The third kappa shape index (κ3) is 6.34. The van der Waals surface area contributed by atoms with Gasteiger partial charge in [0.1, 0.15) is 0 Å². The van der Waals surface area contributed by atoms with Crippen LogP contribution in [0.15, 0.2) is 22.7 Å². The van der Waals surface area contributed by atoms with Crippen LogP contribution < -0.4 is 0 Å². The van der Waals surface area contributed by atoms with E-state index in [0.29, 0.717) is 5.82 Å². The molecule has 0 saturated carbocycles. The molecule has 1 heterocycles. The van der Waals surface area contributed by atoms with Crippen molar-refractivity contribution in [2.24, 2.45) is 0 Å². The molecule has 0 bridgehead atoms. The molecule has 22 heavy (non-hydrogen) atoms. The Bertz CT molecular complexity index is 573. The maximum atomic E-state index is 9.37. The monoisotopic (exact) mass is 368 g/mol. The van der Waals surface area contributed by atoms with Crippen LogP contribution in [0.4, 0.5) is 0 Å². The molecule has 2 rings (SSSR count). The highest BCUT2D eigenvalue weighted by atomic mass is 79.9. The van der Waals surface area contributed by atoms with Gasteiger partial charge < -0.3 is 5.11 Å². The number of carboxylic acid groups (broad SMARTS) is 1. The molecule has 2 aromatic rings. The van der Waals surface area contributed by atoms with Gasteiger partial charge in [-0.05, 0) is 35.8 Å². The number of rotatable bonds is 6. The van der Waals surface area contributed by atoms with Gasteiger partial charge in [-0.1, -0.05) is 48.7 Å². The number of aromatic amines is 1. The van der Waals surface area contributed by atoms with Gasteiger partial charge in [-0.3, -0.25) is 4.79 Å². The van der Waals surface area contributed by atoms with E-state index >= 15 is 0 Å². The number of benzene rings is 1. The summed E-state index contributed by atoms with van der Waals surface area (Å²) in [5.74, 6) is -0.0807. The van der Waals surface area contributed by atoms with Crippen LogP contribution in [-0.2, 0) is 11.2 Å². The summed E-state index contributed by atoms with van der Waals surface area (Å²) in [6.45, 7) is 3.81. The Morgan fingerprint density at radius 1 is 1.32 bits per heavy atom. The normalized spacial score (nSPS) is 9.95. The molecule has 0 unspecified atom stereocenters. The number of H-pyrrole nitrogens is 1. The van der Waals surface area contributed by atoms with Crippen molar-refractivity contribution in [2.45, 2.75) is 46.0 Å². The number of tetrazole rings is 1. The highest BCUT2D eigenvalue weighted by Gasteiger charge is 2.09. The Labute approximate surface area is 138 Å². The Morgan fingerprint density at radius 2 is 2.05 bits per heavy atom. The van der Waals surface area contributed by atoms with Gasteiger partial charge in [-0.15, -0.1) is 10.2 Å². The molecule has 120 valence electrons. The van der Waals surface area contributed by atoms with Gasteiger partial charge in [-0.2, -0.15) is 5.21 Å². The average Bonchev–Trinajstić information content (AvgIpc) is 3.03. The summed E-state index contributed by atoms with van der Waals surface area (Å²) in [6.07, 6.45) is 4.96. The number of nitrogens with one attached hydrogen (secondary N) is 1. The zero-order valence-electron chi connectivity index (χ0n) is 12.8. The Morgan fingerprint density at radius 3 is 2.59 bits per heavy atom. The van der Waals surface area contributed by atoms with Crippen molar-refractivity contribution in [1.29, 1.82) is 0 Å². The summed E-state index contributed by atoms with van der Waals surface area (Å²) in [4.78, 5) is 9.37. The van der Waals surface area contributed by atoms with Crippen molar-refractivity contribution in [1.82, 2.24) is 20.6 Å². The first kappa shape index (κ1) is 18.3. The average molecular weight is 369 g/mol. The molecule has 0 saturated heterocycles. The van der Waals surface area contributed by atoms with Gasteiger partial charge in [0.2, 0.25) is 5.82 Å². The Kier molecular flexibility index (Phi) is 8.35. The number of unbranched alkanes of at least 4 members (excludes halogenated alkanes) is 2. The van der Waals surface area contributed by atoms with Crippen LogP contribution in [-0.4, -0.2) is 31.7 Å². The first-order chi connectivity index (χ1) is 10.6. The van der Waals surface area contributed by atoms with Crippen LogP contribution in [0.1, 0.15) is 45.1 Å². The maximum absolute atomic E-state index is 9.37. The fraction of sp³-hybridized carbons (Fsp3) is 0.467. The van der Waals surface area contributed by atoms with E-state index in [1.165, 1.54) is 24.8 Å². The molecule has 0 aliphatic heterocycles. The zero-order chi connectivity index (χ0) is 16.4. The van der Waals surface area contributed by atoms with Crippen molar-refractivity contribution in [3.8, 4) is 11.4 Å². The number of carbonyl (C=O) groups is 1. The van der Waals surface area contributed by atoms with E-state index < -0.39 is 5.97 Å². The smallest absolute Gasteiger partial charge is 0.303 e. The summed E-state index contributed by atoms with van der Waals surface area (Å²) >= 11 is 3.48. The lowest BCUT2D eigenvalue weighted by Gasteiger charge is -2.06. The molecule has 0 aliphatic rings. The SMILES string of the molecule is CCC(=O)O.CCCCCc1ccc(Br)cc1-c1nn[nH]n1. The minimum Gasteiger partial charge on any atom is -0.481 e. The second kappa shape index (κ2) is 10.0.